The summed E-state index contributed by atoms with van der Waals surface area (Å²) in [5.74, 6) is -0.549. The van der Waals surface area contributed by atoms with Gasteiger partial charge in [-0.25, -0.2) is 4.79 Å². The lowest BCUT2D eigenvalue weighted by atomic mass is 9.98. The molecule has 2 aliphatic rings. The third-order valence-electron chi connectivity index (χ3n) is 5.60. The average Bonchev–Trinajstić information content (AvgIpc) is 3.14. The molecule has 2 aromatic rings. The Balaban J connectivity index is 1.50. The Kier molecular flexibility index (Phi) is 6.52. The summed E-state index contributed by atoms with van der Waals surface area (Å²) < 4.78 is 5.59. The van der Waals surface area contributed by atoms with E-state index in [2.05, 4.69) is 26.6 Å². The molecule has 2 aliphatic heterocycles. The number of nitrogens with zero attached hydrogens (tertiary/aromatic N) is 2. The molecule has 0 unspecified atom stereocenters. The maximum Gasteiger partial charge on any atom is 0.410 e. The molecule has 2 amide bonds. The lowest BCUT2D eigenvalue weighted by Gasteiger charge is -2.33. The molecule has 0 saturated carbocycles. The van der Waals surface area contributed by atoms with Crippen molar-refractivity contribution in [2.24, 2.45) is 0 Å². The zero-order valence-electron chi connectivity index (χ0n) is 16.8. The molecule has 2 fully saturated rings. The van der Waals surface area contributed by atoms with Crippen LogP contribution in [0.4, 0.5) is 16.2 Å². The molecule has 0 radical (unpaired) electrons. The lowest BCUT2D eigenvalue weighted by molar-refractivity contribution is -0.385. The maximum atomic E-state index is 12.8. The van der Waals surface area contributed by atoms with Crippen molar-refractivity contribution in [3.63, 3.8) is 0 Å². The number of piperidine rings is 1. The van der Waals surface area contributed by atoms with Crippen LogP contribution in [0.1, 0.15) is 28.8 Å². The van der Waals surface area contributed by atoms with Crippen molar-refractivity contribution in [1.82, 2.24) is 10.2 Å². The molecular formula is C21H20BrClN4O5. The van der Waals surface area contributed by atoms with E-state index in [0.717, 1.165) is 5.56 Å². The third-order valence-corrected chi connectivity index (χ3v) is 6.51. The van der Waals surface area contributed by atoms with Gasteiger partial charge >= 0.3 is 6.09 Å². The first-order chi connectivity index (χ1) is 15.3. The highest BCUT2D eigenvalue weighted by molar-refractivity contribution is 9.10. The number of halogens is 2. The second-order valence-electron chi connectivity index (χ2n) is 7.71. The van der Waals surface area contributed by atoms with Gasteiger partial charge in [0.1, 0.15) is 12.2 Å². The largest absolute Gasteiger partial charge is 0.447 e. The predicted molar refractivity (Wildman–Crippen MR) is 122 cm³/mol. The summed E-state index contributed by atoms with van der Waals surface area (Å²) in [5.41, 5.74) is 1.07. The standard InChI is InChI=1S/C21H20BrClN4O5/c22-17-9-19(27(30)31)16(20(28)24-10-12-1-3-13(23)4-2-12)8-18(17)25-14-5-6-26-15(7-14)11-32-21(26)29/h1-4,8-9,14-15,25H,5-7,10-11H2,(H,24,28)/t14-,15-/m0/s1. The van der Waals surface area contributed by atoms with Gasteiger partial charge in [-0.1, -0.05) is 23.7 Å². The number of fused-ring (bicyclic) bond motifs is 1. The third kappa shape index (κ3) is 4.81. The van der Waals surface area contributed by atoms with Gasteiger partial charge in [-0.05, 0) is 52.5 Å². The molecular weight excluding hydrogens is 504 g/mol. The molecule has 168 valence electrons. The van der Waals surface area contributed by atoms with Crippen molar-refractivity contribution in [3.8, 4) is 0 Å². The van der Waals surface area contributed by atoms with Crippen molar-refractivity contribution in [1.29, 1.82) is 0 Å². The highest BCUT2D eigenvalue weighted by atomic mass is 79.9. The van der Waals surface area contributed by atoms with Gasteiger partial charge in [-0.15, -0.1) is 0 Å². The van der Waals surface area contributed by atoms with E-state index in [0.29, 0.717) is 41.2 Å². The molecule has 2 N–H and O–H groups in total. The lowest BCUT2D eigenvalue weighted by Crippen LogP contribution is -2.45. The average molecular weight is 524 g/mol. The Morgan fingerprint density at radius 3 is 2.78 bits per heavy atom. The first-order valence-corrected chi connectivity index (χ1v) is 11.2. The maximum absolute atomic E-state index is 12.8. The number of nitrogens with one attached hydrogen (secondary N) is 2. The Labute approximate surface area is 197 Å². The van der Waals surface area contributed by atoms with Gasteiger partial charge in [0.15, 0.2) is 0 Å². The van der Waals surface area contributed by atoms with Crippen molar-refractivity contribution >= 4 is 50.9 Å². The summed E-state index contributed by atoms with van der Waals surface area (Å²) in [4.78, 5) is 37.2. The number of cyclic esters (lactones) is 1. The fraction of sp³-hybridized carbons (Fsp3) is 0.333. The second kappa shape index (κ2) is 9.33. The Morgan fingerprint density at radius 1 is 1.31 bits per heavy atom. The van der Waals surface area contributed by atoms with Gasteiger partial charge in [0.25, 0.3) is 11.6 Å². The molecule has 0 aliphatic carbocycles. The Morgan fingerprint density at radius 2 is 2.06 bits per heavy atom. The molecule has 32 heavy (non-hydrogen) atoms. The van der Waals surface area contributed by atoms with E-state index >= 15 is 0 Å². The fourth-order valence-corrected chi connectivity index (χ4v) is 4.51. The second-order valence-corrected chi connectivity index (χ2v) is 9.00. The zero-order chi connectivity index (χ0) is 22.8. The summed E-state index contributed by atoms with van der Waals surface area (Å²) >= 11 is 9.25. The van der Waals surface area contributed by atoms with Gasteiger partial charge in [-0.3, -0.25) is 14.9 Å². The van der Waals surface area contributed by atoms with Crippen LogP contribution in [-0.2, 0) is 11.3 Å². The van der Waals surface area contributed by atoms with Crippen LogP contribution in [0, 0.1) is 10.1 Å². The Bertz CT molecular complexity index is 1060. The van der Waals surface area contributed by atoms with E-state index in [9.17, 15) is 19.7 Å². The van der Waals surface area contributed by atoms with Crippen molar-refractivity contribution in [2.75, 3.05) is 18.5 Å². The number of nitro benzene ring substituents is 1. The molecule has 0 spiro atoms. The normalized spacial score (nSPS) is 19.8. The Hall–Kier alpha value is -2.85. The van der Waals surface area contributed by atoms with Crippen molar-refractivity contribution < 1.29 is 19.2 Å². The molecule has 9 nitrogen and oxygen atoms in total. The number of hydrogen-bond acceptors (Lipinski definition) is 6. The van der Waals surface area contributed by atoms with Crippen LogP contribution in [0.3, 0.4) is 0 Å². The zero-order valence-corrected chi connectivity index (χ0v) is 19.2. The van der Waals surface area contributed by atoms with Gasteiger partial charge < -0.3 is 20.3 Å². The quantitative estimate of drug-likeness (QED) is 0.430. The van der Waals surface area contributed by atoms with E-state index in [1.165, 1.54) is 12.1 Å². The first-order valence-electron chi connectivity index (χ1n) is 10.0. The number of carbonyl (C=O) groups is 2. The van der Waals surface area contributed by atoms with Crippen molar-refractivity contribution in [3.05, 3.63) is 67.1 Å². The van der Waals surface area contributed by atoms with Crippen LogP contribution in [0.5, 0.6) is 0 Å². The van der Waals surface area contributed by atoms with Crippen LogP contribution < -0.4 is 10.6 Å². The van der Waals surface area contributed by atoms with E-state index in [1.807, 2.05) is 0 Å². The number of hydrogen-bond donors (Lipinski definition) is 2. The number of amides is 2. The molecule has 0 bridgehead atoms. The number of ether oxygens (including phenoxy) is 1. The predicted octanol–water partition coefficient (Wildman–Crippen LogP) is 4.34. The van der Waals surface area contributed by atoms with E-state index in [-0.39, 0.29) is 36.0 Å². The monoisotopic (exact) mass is 522 g/mol. The van der Waals surface area contributed by atoms with Gasteiger partial charge in [-0.2, -0.15) is 0 Å². The summed E-state index contributed by atoms with van der Waals surface area (Å²) in [5, 5.41) is 18.2. The van der Waals surface area contributed by atoms with Gasteiger partial charge in [0.2, 0.25) is 0 Å². The molecule has 11 heteroatoms. The summed E-state index contributed by atoms with van der Waals surface area (Å²) in [6, 6.07) is 9.83. The molecule has 2 atom stereocenters. The highest BCUT2D eigenvalue weighted by Gasteiger charge is 2.38. The molecule has 2 heterocycles. The number of rotatable bonds is 6. The van der Waals surface area contributed by atoms with Crippen molar-refractivity contribution in [2.45, 2.75) is 31.5 Å². The summed E-state index contributed by atoms with van der Waals surface area (Å²) in [7, 11) is 0. The topological polar surface area (TPSA) is 114 Å². The van der Waals surface area contributed by atoms with E-state index < -0.39 is 10.8 Å². The minimum atomic E-state index is -0.578. The number of anilines is 1. The van der Waals surface area contributed by atoms with E-state index in [1.54, 1.807) is 29.2 Å². The molecule has 2 aromatic carbocycles. The summed E-state index contributed by atoms with van der Waals surface area (Å²) in [6.07, 6.45) is 1.10. The van der Waals surface area contributed by atoms with Gasteiger partial charge in [0.05, 0.1) is 11.0 Å². The number of carbonyl (C=O) groups excluding carboxylic acids is 2. The van der Waals surface area contributed by atoms with Crippen LogP contribution in [0.25, 0.3) is 0 Å². The highest BCUT2D eigenvalue weighted by Crippen LogP contribution is 2.34. The van der Waals surface area contributed by atoms with Crippen LogP contribution in [-0.4, -0.2) is 47.1 Å². The minimum absolute atomic E-state index is 0.00715. The van der Waals surface area contributed by atoms with Crippen LogP contribution >= 0.6 is 27.5 Å². The minimum Gasteiger partial charge on any atom is -0.447 e. The fourth-order valence-electron chi connectivity index (χ4n) is 3.94. The smallest absolute Gasteiger partial charge is 0.410 e. The van der Waals surface area contributed by atoms with Gasteiger partial charge in [0, 0.05) is 40.4 Å². The first kappa shape index (κ1) is 22.3. The molecule has 4 rings (SSSR count). The van der Waals surface area contributed by atoms with Crippen LogP contribution in [0.15, 0.2) is 40.9 Å². The number of benzene rings is 2. The SMILES string of the molecule is O=C(NCc1ccc(Cl)cc1)c1cc(N[C@H]2CCN3C(=O)OC[C@@H]3C2)c(Br)cc1[N+](=O)[O-]. The number of nitro groups is 1. The van der Waals surface area contributed by atoms with E-state index in [4.69, 9.17) is 16.3 Å². The molecule has 0 aromatic heterocycles. The summed E-state index contributed by atoms with van der Waals surface area (Å²) in [6.45, 7) is 1.14. The molecule has 2 saturated heterocycles. The van der Waals surface area contributed by atoms with Crippen LogP contribution in [0.2, 0.25) is 5.02 Å².